The lowest BCUT2D eigenvalue weighted by Gasteiger charge is -2.14. The number of carboxylic acid groups (broad SMARTS) is 1. The van der Waals surface area contributed by atoms with E-state index < -0.39 is 30.2 Å². The molecule has 8 heteroatoms. The quantitative estimate of drug-likeness (QED) is 0.703. The third-order valence-corrected chi connectivity index (χ3v) is 3.43. The summed E-state index contributed by atoms with van der Waals surface area (Å²) in [4.78, 5) is 34.0. The van der Waals surface area contributed by atoms with Crippen molar-refractivity contribution in [3.8, 4) is 0 Å². The van der Waals surface area contributed by atoms with Gasteiger partial charge >= 0.3 is 5.97 Å². The van der Waals surface area contributed by atoms with Gasteiger partial charge in [0.25, 0.3) is 5.91 Å². The van der Waals surface area contributed by atoms with E-state index in [1.807, 2.05) is 4.57 Å². The van der Waals surface area contributed by atoms with E-state index in [0.717, 1.165) is 17.3 Å². The van der Waals surface area contributed by atoms with Crippen molar-refractivity contribution in [2.45, 2.75) is 31.3 Å². The van der Waals surface area contributed by atoms with E-state index in [1.54, 1.807) is 12.3 Å². The number of rotatable bonds is 6. The van der Waals surface area contributed by atoms with Crippen LogP contribution < -0.4 is 11.1 Å². The smallest absolute Gasteiger partial charge is 0.326 e. The van der Waals surface area contributed by atoms with Crippen LogP contribution in [-0.4, -0.2) is 33.5 Å². The Morgan fingerprint density at radius 2 is 2.15 bits per heavy atom. The van der Waals surface area contributed by atoms with Crippen molar-refractivity contribution >= 4 is 33.7 Å². The number of halogens is 1. The highest BCUT2D eigenvalue weighted by Gasteiger charge is 2.29. The summed E-state index contributed by atoms with van der Waals surface area (Å²) in [6, 6.07) is 0.583. The SMILES string of the molecule is NC(=O)C[C@@H](NC(=O)c1cc(Br)cn1C1CC1)C(=O)O. The summed E-state index contributed by atoms with van der Waals surface area (Å²) in [5.74, 6) is -2.60. The molecule has 20 heavy (non-hydrogen) atoms. The van der Waals surface area contributed by atoms with E-state index in [9.17, 15) is 14.4 Å². The first-order valence-corrected chi connectivity index (χ1v) is 6.87. The molecule has 108 valence electrons. The first-order chi connectivity index (χ1) is 9.38. The molecule has 0 saturated heterocycles. The van der Waals surface area contributed by atoms with E-state index in [4.69, 9.17) is 10.8 Å². The number of amides is 2. The molecule has 1 heterocycles. The Kier molecular flexibility index (Phi) is 4.12. The summed E-state index contributed by atoms with van der Waals surface area (Å²) < 4.78 is 2.55. The van der Waals surface area contributed by atoms with Crippen molar-refractivity contribution in [3.63, 3.8) is 0 Å². The fourth-order valence-electron chi connectivity index (χ4n) is 1.92. The van der Waals surface area contributed by atoms with Crippen LogP contribution in [0.3, 0.4) is 0 Å². The van der Waals surface area contributed by atoms with Gasteiger partial charge in [-0.1, -0.05) is 0 Å². The zero-order chi connectivity index (χ0) is 14.9. The third-order valence-electron chi connectivity index (χ3n) is 3.00. The van der Waals surface area contributed by atoms with Gasteiger partial charge in [0.15, 0.2) is 0 Å². The number of carboxylic acids is 1. The monoisotopic (exact) mass is 343 g/mol. The van der Waals surface area contributed by atoms with Crippen LogP contribution in [0.4, 0.5) is 0 Å². The minimum atomic E-state index is -1.32. The lowest BCUT2D eigenvalue weighted by atomic mass is 10.2. The van der Waals surface area contributed by atoms with Gasteiger partial charge in [-0.15, -0.1) is 0 Å². The molecule has 0 spiro atoms. The Balaban J connectivity index is 2.14. The number of nitrogens with zero attached hydrogens (tertiary/aromatic N) is 1. The molecular formula is C12H14BrN3O4. The summed E-state index contributed by atoms with van der Waals surface area (Å²) in [5.41, 5.74) is 5.34. The predicted octanol–water partition coefficient (Wildman–Crippen LogP) is 0.644. The number of aliphatic carboxylic acids is 1. The van der Waals surface area contributed by atoms with Crippen LogP contribution in [0.1, 0.15) is 35.8 Å². The van der Waals surface area contributed by atoms with Crippen molar-refractivity contribution in [3.05, 3.63) is 22.4 Å². The number of aromatic nitrogens is 1. The van der Waals surface area contributed by atoms with Crippen LogP contribution in [0.5, 0.6) is 0 Å². The number of hydrogen-bond acceptors (Lipinski definition) is 3. The normalized spacial score (nSPS) is 15.7. The summed E-state index contributed by atoms with van der Waals surface area (Å²) in [5, 5.41) is 11.3. The van der Waals surface area contributed by atoms with Crippen molar-refractivity contribution in [1.82, 2.24) is 9.88 Å². The van der Waals surface area contributed by atoms with Crippen molar-refractivity contribution in [2.75, 3.05) is 0 Å². The fourth-order valence-corrected chi connectivity index (χ4v) is 2.35. The van der Waals surface area contributed by atoms with Crippen molar-refractivity contribution < 1.29 is 19.5 Å². The molecule has 2 amide bonds. The molecule has 1 fully saturated rings. The van der Waals surface area contributed by atoms with Crippen LogP contribution in [-0.2, 0) is 9.59 Å². The van der Waals surface area contributed by atoms with Gasteiger partial charge in [0.2, 0.25) is 5.91 Å². The minimum Gasteiger partial charge on any atom is -0.480 e. The van der Waals surface area contributed by atoms with Gasteiger partial charge < -0.3 is 20.7 Å². The first kappa shape index (κ1) is 14.6. The van der Waals surface area contributed by atoms with Gasteiger partial charge in [-0.25, -0.2) is 4.79 Å². The molecule has 1 aliphatic carbocycles. The minimum absolute atomic E-state index is 0.279. The summed E-state index contributed by atoms with van der Waals surface area (Å²) in [6.45, 7) is 0. The topological polar surface area (TPSA) is 114 Å². The van der Waals surface area contributed by atoms with E-state index in [1.165, 1.54) is 0 Å². The second-order valence-corrected chi connectivity index (χ2v) is 5.63. The van der Waals surface area contributed by atoms with Crippen LogP contribution in [0, 0.1) is 0 Å². The van der Waals surface area contributed by atoms with E-state index in [2.05, 4.69) is 21.2 Å². The van der Waals surface area contributed by atoms with E-state index in [0.29, 0.717) is 5.69 Å². The van der Waals surface area contributed by atoms with Crippen LogP contribution >= 0.6 is 15.9 Å². The maximum absolute atomic E-state index is 12.1. The Morgan fingerprint density at radius 3 is 2.65 bits per heavy atom. The highest BCUT2D eigenvalue weighted by Crippen LogP contribution is 2.37. The molecule has 4 N–H and O–H groups in total. The average molecular weight is 344 g/mol. The number of nitrogens with one attached hydrogen (secondary N) is 1. The highest BCUT2D eigenvalue weighted by atomic mass is 79.9. The molecule has 1 aromatic heterocycles. The second-order valence-electron chi connectivity index (χ2n) is 4.72. The van der Waals surface area contributed by atoms with Gasteiger partial charge in [0.05, 0.1) is 6.42 Å². The zero-order valence-corrected chi connectivity index (χ0v) is 12.1. The standard InChI is InChI=1S/C12H14BrN3O4/c13-6-3-9(16(5-6)7-1-2-7)11(18)15-8(12(19)20)4-10(14)17/h3,5,7-8H,1-2,4H2,(H2,14,17)(H,15,18)(H,19,20)/t8-/m1/s1. The van der Waals surface area contributed by atoms with E-state index in [-0.39, 0.29) is 6.04 Å². The molecule has 0 radical (unpaired) electrons. The number of carbonyl (C=O) groups excluding carboxylic acids is 2. The second kappa shape index (κ2) is 5.66. The highest BCUT2D eigenvalue weighted by molar-refractivity contribution is 9.10. The van der Waals surface area contributed by atoms with Crippen molar-refractivity contribution in [1.29, 1.82) is 0 Å². The van der Waals surface area contributed by atoms with Gasteiger partial charge in [-0.2, -0.15) is 0 Å². The summed E-state index contributed by atoms with van der Waals surface area (Å²) in [7, 11) is 0. The Labute approximate surface area is 123 Å². The molecule has 1 aliphatic rings. The fraction of sp³-hybridized carbons (Fsp3) is 0.417. The Morgan fingerprint density at radius 1 is 1.50 bits per heavy atom. The number of carbonyl (C=O) groups is 3. The van der Waals surface area contributed by atoms with Crippen LogP contribution in [0.2, 0.25) is 0 Å². The van der Waals surface area contributed by atoms with Crippen molar-refractivity contribution in [2.24, 2.45) is 5.73 Å². The first-order valence-electron chi connectivity index (χ1n) is 6.08. The molecule has 2 rings (SSSR count). The maximum atomic E-state index is 12.1. The Hall–Kier alpha value is -1.83. The molecule has 1 saturated carbocycles. The van der Waals surface area contributed by atoms with Gasteiger partial charge in [-0.05, 0) is 34.8 Å². The molecule has 0 unspecified atom stereocenters. The molecular weight excluding hydrogens is 330 g/mol. The lowest BCUT2D eigenvalue weighted by Crippen LogP contribution is -2.43. The molecule has 0 aliphatic heterocycles. The lowest BCUT2D eigenvalue weighted by molar-refractivity contribution is -0.140. The molecule has 0 bridgehead atoms. The van der Waals surface area contributed by atoms with Gasteiger partial charge in [0.1, 0.15) is 11.7 Å². The maximum Gasteiger partial charge on any atom is 0.326 e. The van der Waals surface area contributed by atoms with Gasteiger partial charge in [0, 0.05) is 16.7 Å². The van der Waals surface area contributed by atoms with Crippen LogP contribution in [0.25, 0.3) is 0 Å². The summed E-state index contributed by atoms with van der Waals surface area (Å²) >= 11 is 3.29. The number of hydrogen-bond donors (Lipinski definition) is 3. The summed E-state index contributed by atoms with van der Waals surface area (Å²) in [6.07, 6.45) is 3.33. The third kappa shape index (κ3) is 3.38. The molecule has 1 atom stereocenters. The number of nitrogens with two attached hydrogens (primary N) is 1. The predicted molar refractivity (Wildman–Crippen MR) is 73.1 cm³/mol. The van der Waals surface area contributed by atoms with E-state index >= 15 is 0 Å². The zero-order valence-electron chi connectivity index (χ0n) is 10.5. The number of primary amides is 1. The average Bonchev–Trinajstić information content (AvgIpc) is 3.10. The van der Waals surface area contributed by atoms with Gasteiger partial charge in [-0.3, -0.25) is 9.59 Å². The van der Waals surface area contributed by atoms with Crippen LogP contribution in [0.15, 0.2) is 16.7 Å². The molecule has 0 aromatic carbocycles. The molecule has 1 aromatic rings. The Bertz CT molecular complexity index is 565. The molecule has 7 nitrogen and oxygen atoms in total. The largest absolute Gasteiger partial charge is 0.480 e.